The van der Waals surface area contributed by atoms with Gasteiger partial charge in [0.1, 0.15) is 5.60 Å². The van der Waals surface area contributed by atoms with E-state index in [1.54, 1.807) is 4.90 Å². The van der Waals surface area contributed by atoms with Crippen LogP contribution < -0.4 is 5.73 Å². The maximum absolute atomic E-state index is 12.2. The van der Waals surface area contributed by atoms with Crippen molar-refractivity contribution in [1.29, 1.82) is 0 Å². The van der Waals surface area contributed by atoms with Crippen molar-refractivity contribution in [2.24, 2.45) is 5.73 Å². The summed E-state index contributed by atoms with van der Waals surface area (Å²) < 4.78 is 5.47. The van der Waals surface area contributed by atoms with Gasteiger partial charge >= 0.3 is 6.09 Å². The van der Waals surface area contributed by atoms with Crippen LogP contribution in [0, 0.1) is 0 Å². The maximum Gasteiger partial charge on any atom is 0.410 e. The topological polar surface area (TPSA) is 55.6 Å². The molecule has 2 aromatic carbocycles. The molecule has 0 aromatic heterocycles. The van der Waals surface area contributed by atoms with Crippen molar-refractivity contribution < 1.29 is 9.53 Å². The first-order chi connectivity index (χ1) is 13.3. The van der Waals surface area contributed by atoms with Gasteiger partial charge in [0.05, 0.1) is 0 Å². The number of hydrogen-bond donors (Lipinski definition) is 1. The summed E-state index contributed by atoms with van der Waals surface area (Å²) in [5.74, 6) is 0. The molecule has 1 aliphatic heterocycles. The Kier molecular flexibility index (Phi) is 6.20. The third-order valence-corrected chi connectivity index (χ3v) is 4.81. The zero-order valence-electron chi connectivity index (χ0n) is 17.1. The Hall–Kier alpha value is -2.59. The number of carbonyl (C=O) groups excluding carboxylic acids is 1. The molecule has 0 atom stereocenters. The van der Waals surface area contributed by atoms with Crippen molar-refractivity contribution in [3.8, 4) is 11.1 Å². The van der Waals surface area contributed by atoms with Crippen molar-refractivity contribution in [1.82, 2.24) is 4.90 Å². The van der Waals surface area contributed by atoms with Gasteiger partial charge in [-0.05, 0) is 68.0 Å². The van der Waals surface area contributed by atoms with E-state index in [9.17, 15) is 4.79 Å². The fourth-order valence-corrected chi connectivity index (χ4v) is 3.37. The molecule has 0 unspecified atom stereocenters. The van der Waals surface area contributed by atoms with Gasteiger partial charge in [0.15, 0.2) is 0 Å². The Morgan fingerprint density at radius 3 is 2.36 bits per heavy atom. The first kappa shape index (κ1) is 20.2. The molecule has 0 saturated carbocycles. The first-order valence-corrected chi connectivity index (χ1v) is 9.91. The van der Waals surface area contributed by atoms with E-state index in [0.29, 0.717) is 19.6 Å². The zero-order chi connectivity index (χ0) is 20.1. The van der Waals surface area contributed by atoms with E-state index in [1.165, 1.54) is 22.3 Å². The van der Waals surface area contributed by atoms with E-state index in [0.717, 1.165) is 18.4 Å². The Morgan fingerprint density at radius 1 is 1.07 bits per heavy atom. The quantitative estimate of drug-likeness (QED) is 0.796. The highest BCUT2D eigenvalue weighted by atomic mass is 16.6. The number of ether oxygens (including phenoxy) is 1. The molecule has 0 spiro atoms. The number of hydrogen-bond acceptors (Lipinski definition) is 3. The van der Waals surface area contributed by atoms with E-state index in [2.05, 4.69) is 48.5 Å². The lowest BCUT2D eigenvalue weighted by molar-refractivity contribution is 0.0237. The summed E-state index contributed by atoms with van der Waals surface area (Å²) in [7, 11) is 0. The van der Waals surface area contributed by atoms with Gasteiger partial charge in [-0.15, -0.1) is 0 Å². The summed E-state index contributed by atoms with van der Waals surface area (Å²) >= 11 is 0. The molecule has 0 radical (unpaired) electrons. The molecule has 2 aromatic rings. The Bertz CT molecular complexity index is 855. The molecule has 1 amide bonds. The Labute approximate surface area is 168 Å². The van der Waals surface area contributed by atoms with Crippen molar-refractivity contribution in [3.63, 3.8) is 0 Å². The minimum atomic E-state index is -0.450. The number of nitrogens with zero attached hydrogens (tertiary/aromatic N) is 1. The fourth-order valence-electron chi connectivity index (χ4n) is 3.37. The van der Waals surface area contributed by atoms with Crippen LogP contribution in [0.1, 0.15) is 44.7 Å². The monoisotopic (exact) mass is 378 g/mol. The van der Waals surface area contributed by atoms with Gasteiger partial charge in [0, 0.05) is 19.6 Å². The zero-order valence-corrected chi connectivity index (χ0v) is 17.1. The molecule has 4 nitrogen and oxygen atoms in total. The summed E-state index contributed by atoms with van der Waals surface area (Å²) in [5.41, 5.74) is 11.4. The molecule has 1 aliphatic rings. The summed E-state index contributed by atoms with van der Waals surface area (Å²) in [6.45, 7) is 7.66. The molecule has 1 saturated heterocycles. The lowest BCUT2D eigenvalue weighted by Crippen LogP contribution is -2.40. The third-order valence-electron chi connectivity index (χ3n) is 4.81. The van der Waals surface area contributed by atoms with Crippen LogP contribution in [0.2, 0.25) is 0 Å². The molecule has 4 heteroatoms. The van der Waals surface area contributed by atoms with E-state index in [1.807, 2.05) is 26.8 Å². The minimum absolute atomic E-state index is 0.215. The average molecular weight is 379 g/mol. The summed E-state index contributed by atoms with van der Waals surface area (Å²) in [4.78, 5) is 14.0. The lowest BCUT2D eigenvalue weighted by atomic mass is 9.98. The second-order valence-electron chi connectivity index (χ2n) is 8.30. The van der Waals surface area contributed by atoms with E-state index in [4.69, 9.17) is 10.5 Å². The smallest absolute Gasteiger partial charge is 0.410 e. The number of carbonyl (C=O) groups is 1. The number of nitrogens with two attached hydrogens (primary N) is 1. The first-order valence-electron chi connectivity index (χ1n) is 9.91. The van der Waals surface area contributed by atoms with Crippen LogP contribution in [0.25, 0.3) is 17.2 Å². The normalized spacial score (nSPS) is 14.7. The van der Waals surface area contributed by atoms with Crippen LogP contribution in [0.15, 0.2) is 54.1 Å². The average Bonchev–Trinajstić information content (AvgIpc) is 2.67. The van der Waals surface area contributed by atoms with Gasteiger partial charge in [-0.25, -0.2) is 4.79 Å². The number of benzene rings is 2. The summed E-state index contributed by atoms with van der Waals surface area (Å²) in [6, 6.07) is 16.9. The second-order valence-corrected chi connectivity index (χ2v) is 8.30. The fraction of sp³-hybridized carbons (Fsp3) is 0.375. The van der Waals surface area contributed by atoms with Crippen molar-refractivity contribution in [2.75, 3.05) is 13.1 Å². The van der Waals surface area contributed by atoms with Gasteiger partial charge in [-0.2, -0.15) is 0 Å². The summed E-state index contributed by atoms with van der Waals surface area (Å²) in [6.07, 6.45) is 3.80. The van der Waals surface area contributed by atoms with Crippen molar-refractivity contribution in [2.45, 2.75) is 45.8 Å². The van der Waals surface area contributed by atoms with Crippen LogP contribution in [0.4, 0.5) is 4.79 Å². The van der Waals surface area contributed by atoms with Gasteiger partial charge in [-0.1, -0.05) is 48.0 Å². The minimum Gasteiger partial charge on any atom is -0.444 e. The van der Waals surface area contributed by atoms with Gasteiger partial charge in [0.25, 0.3) is 0 Å². The van der Waals surface area contributed by atoms with Gasteiger partial charge < -0.3 is 15.4 Å². The number of piperidine rings is 1. The van der Waals surface area contributed by atoms with E-state index >= 15 is 0 Å². The predicted molar refractivity (Wildman–Crippen MR) is 115 cm³/mol. The maximum atomic E-state index is 12.2. The van der Waals surface area contributed by atoms with Crippen molar-refractivity contribution in [3.05, 3.63) is 65.2 Å². The van der Waals surface area contributed by atoms with E-state index < -0.39 is 5.60 Å². The Morgan fingerprint density at radius 2 is 1.71 bits per heavy atom. The number of likely N-dealkylation sites (tertiary alicyclic amines) is 1. The molecular formula is C24H30N2O2. The molecule has 3 rings (SSSR count). The molecule has 1 heterocycles. The highest BCUT2D eigenvalue weighted by molar-refractivity contribution is 5.70. The highest BCUT2D eigenvalue weighted by Crippen LogP contribution is 2.25. The predicted octanol–water partition coefficient (Wildman–Crippen LogP) is 5.23. The lowest BCUT2D eigenvalue weighted by Gasteiger charge is -2.31. The van der Waals surface area contributed by atoms with Crippen LogP contribution >= 0.6 is 0 Å². The summed E-state index contributed by atoms with van der Waals surface area (Å²) in [5, 5.41) is 0. The van der Waals surface area contributed by atoms with Crippen LogP contribution in [0.5, 0.6) is 0 Å². The largest absolute Gasteiger partial charge is 0.444 e. The van der Waals surface area contributed by atoms with Crippen molar-refractivity contribution >= 4 is 12.2 Å². The molecule has 0 bridgehead atoms. The molecule has 2 N–H and O–H groups in total. The van der Waals surface area contributed by atoms with Crippen LogP contribution in [-0.2, 0) is 11.3 Å². The number of rotatable bonds is 3. The third kappa shape index (κ3) is 5.46. The molecule has 0 aliphatic carbocycles. The highest BCUT2D eigenvalue weighted by Gasteiger charge is 2.24. The van der Waals surface area contributed by atoms with Crippen LogP contribution in [-0.4, -0.2) is 29.7 Å². The molecule has 28 heavy (non-hydrogen) atoms. The molecular weight excluding hydrogens is 348 g/mol. The Balaban J connectivity index is 1.67. The molecule has 148 valence electrons. The SMILES string of the molecule is CC(C)(C)OC(=O)N1CCC(=Cc2cccc(-c3cccc(CN)c3)c2)CC1. The number of amides is 1. The van der Waals surface area contributed by atoms with Gasteiger partial charge in [0.2, 0.25) is 0 Å². The van der Waals surface area contributed by atoms with E-state index in [-0.39, 0.29) is 6.09 Å². The van der Waals surface area contributed by atoms with Gasteiger partial charge in [-0.3, -0.25) is 0 Å². The standard InChI is InChI=1S/C24H30N2O2/c1-24(2,3)28-23(27)26-12-10-18(11-13-26)14-19-6-4-8-21(15-19)22-9-5-7-20(16-22)17-25/h4-9,14-16H,10-13,17,25H2,1-3H3. The second kappa shape index (κ2) is 8.61. The molecule has 1 fully saturated rings. The van der Waals surface area contributed by atoms with Crippen LogP contribution in [0.3, 0.4) is 0 Å².